The summed E-state index contributed by atoms with van der Waals surface area (Å²) in [6.45, 7) is -0.348. The molecule has 1 atom stereocenters. The minimum Gasteiger partial charge on any atom is -0.417 e. The van der Waals surface area contributed by atoms with E-state index in [4.69, 9.17) is 0 Å². The van der Waals surface area contributed by atoms with E-state index in [0.717, 1.165) is 0 Å². The van der Waals surface area contributed by atoms with Gasteiger partial charge in [-0.15, -0.1) is 0 Å². The number of hydrogen-bond donors (Lipinski definition) is 0. The number of rotatable bonds is 14. The van der Waals surface area contributed by atoms with Crippen molar-refractivity contribution in [1.82, 2.24) is 4.81 Å². The third-order valence-electron chi connectivity index (χ3n) is 8.05. The Hall–Kier alpha value is -1.84. The Morgan fingerprint density at radius 3 is 1.06 bits per heavy atom. The van der Waals surface area contributed by atoms with Crippen LogP contribution in [0.25, 0.3) is 0 Å². The van der Waals surface area contributed by atoms with Crippen LogP contribution in [0.5, 0.6) is 0 Å². The Bertz CT molecular complexity index is 1150. The van der Waals surface area contributed by atoms with Crippen molar-refractivity contribution in [3.8, 4) is 0 Å². The Balaban J connectivity index is 2.50. The molecular formula is C21H15BF26NO. The van der Waals surface area contributed by atoms with Crippen LogP contribution >= 0.6 is 0 Å². The van der Waals surface area contributed by atoms with E-state index in [0.29, 0.717) is 12.4 Å². The molecule has 2 aliphatic rings. The fraction of sp³-hybridized carbons (Fsp3) is 1.00. The molecule has 0 aliphatic carbocycles. The summed E-state index contributed by atoms with van der Waals surface area (Å²) in [5.41, 5.74) is -3.28. The highest BCUT2D eigenvalue weighted by Gasteiger charge is 2.92. The van der Waals surface area contributed by atoms with E-state index < -0.39 is 115 Å². The largest absolute Gasteiger partial charge is 0.460 e. The SMILES string of the molecule is FC(F)(F)C(F)(F)C(F)(F)C(F)(F)C(F)(F)C(F)(F)CCC1(CCC(F)(F)C(F)(F)C(F)(F)C(F)(F)C(F)(F)C(F)(F)F)O[B]N2CCC[C@H]21. The smallest absolute Gasteiger partial charge is 0.417 e. The highest BCUT2D eigenvalue weighted by Crippen LogP contribution is 2.63. The number of nitrogens with zero attached hydrogens (tertiary/aromatic N) is 1. The van der Waals surface area contributed by atoms with E-state index in [1.54, 1.807) is 0 Å². The summed E-state index contributed by atoms with van der Waals surface area (Å²) in [5.74, 6) is -79.2. The lowest BCUT2D eigenvalue weighted by Gasteiger charge is -2.42. The Morgan fingerprint density at radius 2 is 0.760 bits per heavy atom. The van der Waals surface area contributed by atoms with Gasteiger partial charge in [-0.2, -0.15) is 114 Å². The van der Waals surface area contributed by atoms with E-state index in [2.05, 4.69) is 4.65 Å². The zero-order valence-corrected chi connectivity index (χ0v) is 23.3. The normalized spacial score (nSPS) is 21.4. The lowest BCUT2D eigenvalue weighted by Crippen LogP contribution is -2.70. The molecule has 0 N–H and O–H groups in total. The summed E-state index contributed by atoms with van der Waals surface area (Å²) in [4.78, 5) is 0.714. The van der Waals surface area contributed by atoms with Gasteiger partial charge in [-0.05, 0) is 32.2 Å². The van der Waals surface area contributed by atoms with Crippen molar-refractivity contribution in [3.63, 3.8) is 0 Å². The quantitative estimate of drug-likeness (QED) is 0.128. The van der Waals surface area contributed by atoms with Crippen LogP contribution in [0.15, 0.2) is 0 Å². The molecule has 295 valence electrons. The van der Waals surface area contributed by atoms with Gasteiger partial charge in [0.25, 0.3) is 0 Å². The second-order valence-electron chi connectivity index (χ2n) is 11.2. The number of hydrogen-bond acceptors (Lipinski definition) is 2. The first-order valence-corrected chi connectivity index (χ1v) is 12.8. The molecule has 50 heavy (non-hydrogen) atoms. The predicted octanol–water partition coefficient (Wildman–Crippen LogP) is 9.79. The van der Waals surface area contributed by atoms with Crippen LogP contribution in [-0.2, 0) is 4.65 Å². The molecule has 2 nitrogen and oxygen atoms in total. The van der Waals surface area contributed by atoms with Crippen molar-refractivity contribution in [2.24, 2.45) is 0 Å². The van der Waals surface area contributed by atoms with Gasteiger partial charge in [-0.1, -0.05) is 0 Å². The molecular weight excluding hydrogens is 787 g/mol. The van der Waals surface area contributed by atoms with Gasteiger partial charge in [0.15, 0.2) is 0 Å². The van der Waals surface area contributed by atoms with Crippen LogP contribution in [0.4, 0.5) is 114 Å². The van der Waals surface area contributed by atoms with Crippen LogP contribution in [-0.4, -0.2) is 102 Å². The van der Waals surface area contributed by atoms with Gasteiger partial charge < -0.3 is 9.47 Å². The Morgan fingerprint density at radius 1 is 0.460 bits per heavy atom. The van der Waals surface area contributed by atoms with Crippen LogP contribution in [0.3, 0.4) is 0 Å². The van der Waals surface area contributed by atoms with E-state index >= 15 is 0 Å². The van der Waals surface area contributed by atoms with Crippen molar-refractivity contribution < 1.29 is 119 Å². The van der Waals surface area contributed by atoms with Crippen molar-refractivity contribution in [1.29, 1.82) is 0 Å². The maximum Gasteiger partial charge on any atom is 0.460 e. The van der Waals surface area contributed by atoms with Gasteiger partial charge >= 0.3 is 79.2 Å². The minimum atomic E-state index is -8.35. The molecule has 0 aromatic carbocycles. The van der Waals surface area contributed by atoms with Gasteiger partial charge in [0.2, 0.25) is 0 Å². The third-order valence-corrected chi connectivity index (χ3v) is 8.05. The first-order valence-electron chi connectivity index (χ1n) is 12.8. The van der Waals surface area contributed by atoms with Crippen LogP contribution in [0.2, 0.25) is 0 Å². The van der Waals surface area contributed by atoms with E-state index in [-0.39, 0.29) is 13.0 Å². The zero-order valence-electron chi connectivity index (χ0n) is 23.3. The topological polar surface area (TPSA) is 12.5 Å². The van der Waals surface area contributed by atoms with Gasteiger partial charge in [0.05, 0.1) is 5.60 Å². The van der Waals surface area contributed by atoms with Crippen molar-refractivity contribution in [2.75, 3.05) is 6.54 Å². The number of fused-ring (bicyclic) bond motifs is 1. The zero-order chi connectivity index (χ0) is 40.0. The molecule has 0 bridgehead atoms. The highest BCUT2D eigenvalue weighted by atomic mass is 19.4. The first kappa shape index (κ1) is 44.3. The molecule has 2 heterocycles. The molecule has 2 aliphatic heterocycles. The van der Waals surface area contributed by atoms with Gasteiger partial charge in [-0.25, -0.2) is 0 Å². The standard InChI is InChI=1S/C21H15BF26NO/c23-10(24,12(27,28)14(31,32)16(35,36)18(39,40)20(43,44)45)5-3-9(8-2-1-7-49(8)22-50-9)4-6-11(25,26)13(29,30)15(33,34)17(37,38)19(41,42)21(46,47)48/h8H,1-7H2/t8-/m0/s1. The van der Waals surface area contributed by atoms with Crippen LogP contribution in [0.1, 0.15) is 38.5 Å². The molecule has 0 aromatic rings. The van der Waals surface area contributed by atoms with E-state index in [1.165, 1.54) is 0 Å². The lowest BCUT2D eigenvalue weighted by atomic mass is 9.79. The predicted molar refractivity (Wildman–Crippen MR) is 109 cm³/mol. The second kappa shape index (κ2) is 12.1. The van der Waals surface area contributed by atoms with Gasteiger partial charge in [0.1, 0.15) is 0 Å². The molecule has 0 amide bonds. The average Bonchev–Trinajstić information content (AvgIpc) is 3.52. The maximum atomic E-state index is 14.5. The Labute approximate surface area is 260 Å². The molecule has 0 spiro atoms. The molecule has 29 heteroatoms. The van der Waals surface area contributed by atoms with Crippen molar-refractivity contribution in [3.05, 3.63) is 0 Å². The van der Waals surface area contributed by atoms with Gasteiger partial charge in [-0.3, -0.25) is 0 Å². The highest BCUT2D eigenvalue weighted by molar-refractivity contribution is 6.25. The van der Waals surface area contributed by atoms with E-state index in [9.17, 15) is 114 Å². The molecule has 0 unspecified atom stereocenters. The van der Waals surface area contributed by atoms with Crippen LogP contribution in [0, 0.1) is 0 Å². The first-order chi connectivity index (χ1) is 21.6. The minimum absolute atomic E-state index is 0.209. The summed E-state index contributed by atoms with van der Waals surface area (Å²) in [6, 6.07) is -1.87. The number of halogens is 26. The molecule has 2 rings (SSSR count). The maximum absolute atomic E-state index is 14.5. The summed E-state index contributed by atoms with van der Waals surface area (Å²) in [7, 11) is 0.295. The summed E-state index contributed by atoms with van der Waals surface area (Å²) >= 11 is 0. The Kier molecular flexibility index (Phi) is 10.7. The molecule has 1 radical (unpaired) electrons. The number of alkyl halides is 26. The summed E-state index contributed by atoms with van der Waals surface area (Å²) < 4.78 is 355. The third kappa shape index (κ3) is 6.11. The molecule has 0 saturated carbocycles. The summed E-state index contributed by atoms with van der Waals surface area (Å²) in [5, 5.41) is 0. The van der Waals surface area contributed by atoms with Crippen molar-refractivity contribution in [2.45, 2.75) is 122 Å². The fourth-order valence-corrected chi connectivity index (χ4v) is 4.96. The average molecular weight is 802 g/mol. The molecule has 2 saturated heterocycles. The van der Waals surface area contributed by atoms with Crippen LogP contribution < -0.4 is 0 Å². The second-order valence-corrected chi connectivity index (χ2v) is 11.2. The molecule has 2 fully saturated rings. The van der Waals surface area contributed by atoms with E-state index in [1.807, 2.05) is 0 Å². The molecule has 0 aromatic heterocycles. The van der Waals surface area contributed by atoms with Gasteiger partial charge in [0, 0.05) is 18.9 Å². The van der Waals surface area contributed by atoms with Crippen molar-refractivity contribution >= 4 is 7.62 Å². The lowest BCUT2D eigenvalue weighted by molar-refractivity contribution is -0.440. The monoisotopic (exact) mass is 802 g/mol. The fourth-order valence-electron chi connectivity index (χ4n) is 4.96. The summed E-state index contributed by atoms with van der Waals surface area (Å²) in [6.07, 6.45) is -27.3.